The van der Waals surface area contributed by atoms with Gasteiger partial charge in [0, 0.05) is 13.1 Å². The second-order valence-electron chi connectivity index (χ2n) is 5.39. The van der Waals surface area contributed by atoms with Crippen LogP contribution in [0.25, 0.3) is 0 Å². The Bertz CT molecular complexity index is 713. The SMILES string of the molecule is Cc1cccc([C@H]2CNC(NCc3ccc(F)c(F)c3)=N2)c1. The van der Waals surface area contributed by atoms with Gasteiger partial charge in [-0.05, 0) is 30.2 Å². The van der Waals surface area contributed by atoms with Crippen molar-refractivity contribution in [1.82, 2.24) is 10.6 Å². The number of aliphatic imine (C=N–C) groups is 1. The summed E-state index contributed by atoms with van der Waals surface area (Å²) < 4.78 is 26.0. The normalized spacial score (nSPS) is 17.0. The average molecular weight is 301 g/mol. The number of hydrogen-bond donors (Lipinski definition) is 2. The van der Waals surface area contributed by atoms with Gasteiger partial charge in [0.15, 0.2) is 17.6 Å². The highest BCUT2D eigenvalue weighted by atomic mass is 19.2. The van der Waals surface area contributed by atoms with Crippen molar-refractivity contribution in [3.63, 3.8) is 0 Å². The maximum atomic E-state index is 13.2. The molecule has 1 heterocycles. The van der Waals surface area contributed by atoms with E-state index >= 15 is 0 Å². The summed E-state index contributed by atoms with van der Waals surface area (Å²) in [5.41, 5.74) is 3.04. The smallest absolute Gasteiger partial charge is 0.192 e. The second-order valence-corrected chi connectivity index (χ2v) is 5.39. The van der Waals surface area contributed by atoms with E-state index in [0.717, 1.165) is 18.2 Å². The molecule has 0 spiro atoms. The zero-order valence-corrected chi connectivity index (χ0v) is 12.2. The molecule has 0 fully saturated rings. The maximum Gasteiger partial charge on any atom is 0.192 e. The van der Waals surface area contributed by atoms with Crippen LogP contribution in [0.5, 0.6) is 0 Å². The van der Waals surface area contributed by atoms with Crippen LogP contribution in [0.4, 0.5) is 8.78 Å². The molecule has 114 valence electrons. The molecule has 3 nitrogen and oxygen atoms in total. The van der Waals surface area contributed by atoms with Crippen LogP contribution in [0.3, 0.4) is 0 Å². The lowest BCUT2D eigenvalue weighted by atomic mass is 10.1. The average Bonchev–Trinajstić information content (AvgIpc) is 2.97. The van der Waals surface area contributed by atoms with Crippen molar-refractivity contribution < 1.29 is 8.78 Å². The van der Waals surface area contributed by atoms with E-state index in [4.69, 9.17) is 0 Å². The van der Waals surface area contributed by atoms with Crippen molar-refractivity contribution in [2.45, 2.75) is 19.5 Å². The van der Waals surface area contributed by atoms with Crippen LogP contribution >= 0.6 is 0 Å². The molecule has 0 amide bonds. The fraction of sp³-hybridized carbons (Fsp3) is 0.235. The molecule has 5 heteroatoms. The van der Waals surface area contributed by atoms with Gasteiger partial charge in [-0.15, -0.1) is 0 Å². The lowest BCUT2D eigenvalue weighted by Gasteiger charge is -2.06. The fourth-order valence-corrected chi connectivity index (χ4v) is 2.45. The van der Waals surface area contributed by atoms with Gasteiger partial charge in [0.1, 0.15) is 0 Å². The van der Waals surface area contributed by atoms with Crippen molar-refractivity contribution in [3.05, 3.63) is 70.8 Å². The highest BCUT2D eigenvalue weighted by Gasteiger charge is 2.18. The molecule has 1 aliphatic heterocycles. The largest absolute Gasteiger partial charge is 0.354 e. The highest BCUT2D eigenvalue weighted by molar-refractivity contribution is 5.81. The molecule has 0 saturated heterocycles. The molecule has 0 radical (unpaired) electrons. The van der Waals surface area contributed by atoms with E-state index in [0.29, 0.717) is 18.1 Å². The third kappa shape index (κ3) is 3.24. The van der Waals surface area contributed by atoms with Gasteiger partial charge in [0.25, 0.3) is 0 Å². The topological polar surface area (TPSA) is 36.4 Å². The van der Waals surface area contributed by atoms with Crippen LogP contribution in [0, 0.1) is 18.6 Å². The van der Waals surface area contributed by atoms with Gasteiger partial charge in [0.2, 0.25) is 0 Å². The lowest BCUT2D eigenvalue weighted by Crippen LogP contribution is -2.33. The van der Waals surface area contributed by atoms with E-state index in [-0.39, 0.29) is 6.04 Å². The van der Waals surface area contributed by atoms with Crippen molar-refractivity contribution in [2.75, 3.05) is 6.54 Å². The third-order valence-corrected chi connectivity index (χ3v) is 3.62. The predicted molar refractivity (Wildman–Crippen MR) is 82.6 cm³/mol. The first-order valence-corrected chi connectivity index (χ1v) is 7.18. The minimum atomic E-state index is -0.835. The zero-order valence-electron chi connectivity index (χ0n) is 12.2. The second kappa shape index (κ2) is 6.13. The van der Waals surface area contributed by atoms with Crippen LogP contribution in [0.15, 0.2) is 47.5 Å². The summed E-state index contributed by atoms with van der Waals surface area (Å²) in [7, 11) is 0. The maximum absolute atomic E-state index is 13.2. The van der Waals surface area contributed by atoms with Gasteiger partial charge in [-0.2, -0.15) is 0 Å². The monoisotopic (exact) mass is 301 g/mol. The molecule has 2 N–H and O–H groups in total. The van der Waals surface area contributed by atoms with Gasteiger partial charge < -0.3 is 10.6 Å². The summed E-state index contributed by atoms with van der Waals surface area (Å²) in [5.74, 6) is -0.992. The van der Waals surface area contributed by atoms with Gasteiger partial charge in [0.05, 0.1) is 6.04 Å². The predicted octanol–water partition coefficient (Wildman–Crippen LogP) is 3.06. The Morgan fingerprint density at radius 3 is 2.82 bits per heavy atom. The summed E-state index contributed by atoms with van der Waals surface area (Å²) in [6, 6.07) is 12.2. The molecule has 2 aromatic rings. The van der Waals surface area contributed by atoms with Crippen molar-refractivity contribution in [2.24, 2.45) is 4.99 Å². The van der Waals surface area contributed by atoms with E-state index in [1.165, 1.54) is 11.6 Å². The minimum Gasteiger partial charge on any atom is -0.354 e. The van der Waals surface area contributed by atoms with E-state index in [1.54, 1.807) is 6.07 Å². The fourth-order valence-electron chi connectivity index (χ4n) is 2.45. The van der Waals surface area contributed by atoms with Crippen LogP contribution in [0.2, 0.25) is 0 Å². The molecule has 3 rings (SSSR count). The van der Waals surface area contributed by atoms with Crippen molar-refractivity contribution in [1.29, 1.82) is 0 Å². The van der Waals surface area contributed by atoms with Crippen LogP contribution in [-0.2, 0) is 6.54 Å². The van der Waals surface area contributed by atoms with Gasteiger partial charge >= 0.3 is 0 Å². The summed E-state index contributed by atoms with van der Waals surface area (Å²) in [5, 5.41) is 6.30. The zero-order chi connectivity index (χ0) is 15.5. The number of rotatable bonds is 3. The Kier molecular flexibility index (Phi) is 4.04. The summed E-state index contributed by atoms with van der Waals surface area (Å²) in [4.78, 5) is 4.58. The first kappa shape index (κ1) is 14.5. The number of nitrogens with one attached hydrogen (secondary N) is 2. The molecule has 1 atom stereocenters. The van der Waals surface area contributed by atoms with Gasteiger partial charge in [-0.1, -0.05) is 35.9 Å². The molecule has 0 aliphatic carbocycles. The number of aryl methyl sites for hydroxylation is 1. The number of nitrogens with zero attached hydrogens (tertiary/aromatic N) is 1. The Labute approximate surface area is 128 Å². The van der Waals surface area contributed by atoms with Crippen LogP contribution < -0.4 is 10.6 Å². The summed E-state index contributed by atoms with van der Waals surface area (Å²) in [6.07, 6.45) is 0. The van der Waals surface area contributed by atoms with E-state index in [1.807, 2.05) is 6.07 Å². The lowest BCUT2D eigenvalue weighted by molar-refractivity contribution is 0.507. The first-order chi connectivity index (χ1) is 10.6. The molecule has 22 heavy (non-hydrogen) atoms. The first-order valence-electron chi connectivity index (χ1n) is 7.18. The standard InChI is InChI=1S/C17H17F2N3/c1-11-3-2-4-13(7-11)16-10-21-17(22-16)20-9-12-5-6-14(18)15(19)8-12/h2-8,16H,9-10H2,1H3,(H2,20,21,22)/t16-/m1/s1. The quantitative estimate of drug-likeness (QED) is 0.914. The third-order valence-electron chi connectivity index (χ3n) is 3.62. The number of benzene rings is 2. The van der Waals surface area contributed by atoms with E-state index in [2.05, 4.69) is 40.7 Å². The van der Waals surface area contributed by atoms with E-state index < -0.39 is 11.6 Å². The molecular formula is C17H17F2N3. The Balaban J connectivity index is 1.64. The van der Waals surface area contributed by atoms with Crippen molar-refractivity contribution in [3.8, 4) is 0 Å². The number of guanidine groups is 1. The highest BCUT2D eigenvalue weighted by Crippen LogP contribution is 2.20. The Hall–Kier alpha value is -2.43. The Morgan fingerprint density at radius 2 is 2.05 bits per heavy atom. The van der Waals surface area contributed by atoms with Gasteiger partial charge in [-0.25, -0.2) is 13.8 Å². The van der Waals surface area contributed by atoms with E-state index in [9.17, 15) is 8.78 Å². The molecule has 0 unspecified atom stereocenters. The van der Waals surface area contributed by atoms with Crippen molar-refractivity contribution >= 4 is 5.96 Å². The van der Waals surface area contributed by atoms with Crippen LogP contribution in [0.1, 0.15) is 22.7 Å². The minimum absolute atomic E-state index is 0.0763. The Morgan fingerprint density at radius 1 is 1.18 bits per heavy atom. The summed E-state index contributed by atoms with van der Waals surface area (Å²) in [6.45, 7) is 3.17. The molecule has 2 aromatic carbocycles. The molecule has 0 bridgehead atoms. The summed E-state index contributed by atoms with van der Waals surface area (Å²) >= 11 is 0. The number of hydrogen-bond acceptors (Lipinski definition) is 3. The van der Waals surface area contributed by atoms with Gasteiger partial charge in [-0.3, -0.25) is 0 Å². The molecule has 0 saturated carbocycles. The van der Waals surface area contributed by atoms with Crippen LogP contribution in [-0.4, -0.2) is 12.5 Å². The molecule has 0 aromatic heterocycles. The number of halogens is 2. The molecular weight excluding hydrogens is 284 g/mol. The molecule has 1 aliphatic rings.